The van der Waals surface area contributed by atoms with E-state index in [9.17, 15) is 26.4 Å². The van der Waals surface area contributed by atoms with Crippen LogP contribution in [0.25, 0.3) is 22.1 Å². The summed E-state index contributed by atoms with van der Waals surface area (Å²) in [6.45, 7) is 0.121. The van der Waals surface area contributed by atoms with E-state index in [1.54, 1.807) is 30.3 Å². The normalized spacial score (nSPS) is 16.8. The summed E-state index contributed by atoms with van der Waals surface area (Å²) >= 11 is 0. The van der Waals surface area contributed by atoms with Crippen molar-refractivity contribution >= 4 is 26.9 Å². The van der Waals surface area contributed by atoms with Crippen LogP contribution in [0.4, 0.5) is 13.2 Å². The molecule has 1 aliphatic heterocycles. The number of benzene rings is 1. The molecule has 4 heterocycles. The number of carbonyl (C=O) groups is 1. The number of nitrogens with one attached hydrogen (secondary N) is 1. The Balaban J connectivity index is 1.28. The number of rotatable bonds is 6. The maximum absolute atomic E-state index is 13.2. The number of alkyl halides is 3. The maximum atomic E-state index is 13.2. The van der Waals surface area contributed by atoms with Crippen LogP contribution in [0.3, 0.4) is 0 Å². The lowest BCUT2D eigenvalue weighted by molar-refractivity contribution is -0.141. The number of amides is 1. The Morgan fingerprint density at radius 2 is 1.92 bits per heavy atom. The fourth-order valence-corrected chi connectivity index (χ4v) is 5.78. The lowest BCUT2D eigenvalue weighted by Gasteiger charge is -2.22. The molecule has 9 nitrogen and oxygen atoms in total. The topological polar surface area (TPSA) is 118 Å². The molecule has 5 rings (SSSR count). The number of para-hydroxylation sites is 1. The summed E-state index contributed by atoms with van der Waals surface area (Å²) in [5.74, 6) is -0.499. The number of furan rings is 1. The highest BCUT2D eigenvalue weighted by atomic mass is 32.2. The van der Waals surface area contributed by atoms with Crippen LogP contribution < -0.4 is 5.32 Å². The molecule has 1 amide bonds. The second kappa shape index (κ2) is 9.56. The molecule has 1 aromatic carbocycles. The van der Waals surface area contributed by atoms with Gasteiger partial charge in [0, 0.05) is 35.3 Å². The van der Waals surface area contributed by atoms with E-state index in [1.807, 2.05) is 0 Å². The number of hydrogen-bond acceptors (Lipinski definition) is 7. The van der Waals surface area contributed by atoms with Crippen molar-refractivity contribution in [1.82, 2.24) is 24.8 Å². The number of nitrogens with zero attached hydrogens (tertiary/aromatic N) is 4. The second-order valence-electron chi connectivity index (χ2n) is 8.46. The van der Waals surface area contributed by atoms with E-state index in [4.69, 9.17) is 4.42 Å². The van der Waals surface area contributed by atoms with Crippen LogP contribution in [0.5, 0.6) is 0 Å². The molecule has 0 spiro atoms. The van der Waals surface area contributed by atoms with E-state index < -0.39 is 33.8 Å². The highest BCUT2D eigenvalue weighted by Crippen LogP contribution is 2.31. The molecule has 1 aliphatic rings. The van der Waals surface area contributed by atoms with Crippen molar-refractivity contribution in [1.29, 1.82) is 0 Å². The zero-order valence-electron chi connectivity index (χ0n) is 19.1. The summed E-state index contributed by atoms with van der Waals surface area (Å²) in [7, 11) is -4.04. The lowest BCUT2D eigenvalue weighted by Crippen LogP contribution is -2.45. The first-order chi connectivity index (χ1) is 17.6. The van der Waals surface area contributed by atoms with Gasteiger partial charge in [0.15, 0.2) is 0 Å². The van der Waals surface area contributed by atoms with Gasteiger partial charge in [-0.2, -0.15) is 27.7 Å². The summed E-state index contributed by atoms with van der Waals surface area (Å²) < 4.78 is 71.4. The molecule has 1 N–H and O–H groups in total. The van der Waals surface area contributed by atoms with Gasteiger partial charge in [0.1, 0.15) is 17.3 Å². The second-order valence-corrected chi connectivity index (χ2v) is 10.3. The van der Waals surface area contributed by atoms with E-state index in [-0.39, 0.29) is 18.2 Å². The zero-order valence-corrected chi connectivity index (χ0v) is 20.0. The first kappa shape index (κ1) is 24.8. The summed E-state index contributed by atoms with van der Waals surface area (Å²) in [5, 5.41) is 10.9. The first-order valence-electron chi connectivity index (χ1n) is 11.3. The third-order valence-electron chi connectivity index (χ3n) is 6.01. The van der Waals surface area contributed by atoms with E-state index in [2.05, 4.69) is 20.5 Å². The smallest absolute Gasteiger partial charge is 0.433 e. The van der Waals surface area contributed by atoms with Crippen LogP contribution >= 0.6 is 0 Å². The first-order valence-corrected chi connectivity index (χ1v) is 12.7. The van der Waals surface area contributed by atoms with Gasteiger partial charge in [0.25, 0.3) is 10.0 Å². The molecule has 192 valence electrons. The minimum atomic E-state index is -4.55. The number of pyridine rings is 1. The highest BCUT2D eigenvalue weighted by Gasteiger charge is 2.41. The van der Waals surface area contributed by atoms with E-state index in [0.717, 1.165) is 16.6 Å². The Labute approximate surface area is 209 Å². The maximum Gasteiger partial charge on any atom is 0.433 e. The lowest BCUT2D eigenvalue weighted by atomic mass is 10.1. The number of fused-ring (bicyclic) bond motifs is 1. The van der Waals surface area contributed by atoms with Crippen molar-refractivity contribution in [2.24, 2.45) is 0 Å². The van der Waals surface area contributed by atoms with Crippen LogP contribution in [0.1, 0.15) is 24.2 Å². The van der Waals surface area contributed by atoms with E-state index >= 15 is 0 Å². The van der Waals surface area contributed by atoms with Gasteiger partial charge in [0.2, 0.25) is 11.0 Å². The average molecular weight is 532 g/mol. The molecule has 0 bridgehead atoms. The predicted octanol–water partition coefficient (Wildman–Crippen LogP) is 3.77. The Morgan fingerprint density at radius 3 is 2.65 bits per heavy atom. The van der Waals surface area contributed by atoms with Crippen LogP contribution in [0, 0.1) is 0 Å². The van der Waals surface area contributed by atoms with Crippen LogP contribution in [0.2, 0.25) is 0 Å². The van der Waals surface area contributed by atoms with Crippen molar-refractivity contribution in [3.63, 3.8) is 0 Å². The minimum absolute atomic E-state index is 0.0528. The van der Waals surface area contributed by atoms with E-state index in [0.29, 0.717) is 40.6 Å². The summed E-state index contributed by atoms with van der Waals surface area (Å²) in [4.78, 5) is 16.4. The quantitative estimate of drug-likeness (QED) is 0.402. The number of aromatic nitrogens is 3. The predicted molar refractivity (Wildman–Crippen MR) is 125 cm³/mol. The summed E-state index contributed by atoms with van der Waals surface area (Å²) in [5.41, 5.74) is 0.632. The van der Waals surface area contributed by atoms with Crippen LogP contribution in [-0.2, 0) is 27.5 Å². The van der Waals surface area contributed by atoms with Gasteiger partial charge in [0.05, 0.1) is 18.4 Å². The molecule has 0 unspecified atom stereocenters. The Hall–Kier alpha value is -3.84. The Bertz CT molecular complexity index is 1520. The SMILES string of the molecule is O=C(NCc1cc(-c2ccc(C(F)(F)F)nc2)cnn1)[C@@H]1CCCN1S(=O)(=O)c1cc2ccccc2o1. The number of halogens is 3. The van der Waals surface area contributed by atoms with Gasteiger partial charge in [-0.05, 0) is 31.0 Å². The molecule has 3 aromatic heterocycles. The molecular weight excluding hydrogens is 511 g/mol. The Morgan fingerprint density at radius 1 is 1.11 bits per heavy atom. The fraction of sp³-hybridized carbons (Fsp3) is 0.250. The monoisotopic (exact) mass is 531 g/mol. The minimum Gasteiger partial charge on any atom is -0.443 e. The molecule has 0 radical (unpaired) electrons. The summed E-state index contributed by atoms with van der Waals surface area (Å²) in [6, 6.07) is 11.1. The highest BCUT2D eigenvalue weighted by molar-refractivity contribution is 7.89. The van der Waals surface area contributed by atoms with Gasteiger partial charge < -0.3 is 9.73 Å². The fourth-order valence-electron chi connectivity index (χ4n) is 4.17. The molecule has 4 aromatic rings. The third kappa shape index (κ3) is 5.04. The Kier molecular flexibility index (Phi) is 6.42. The van der Waals surface area contributed by atoms with Gasteiger partial charge in [-0.15, -0.1) is 0 Å². The van der Waals surface area contributed by atoms with Crippen LogP contribution in [-0.4, -0.2) is 46.4 Å². The standard InChI is InChI=1S/C24H20F3N5O4S/c25-24(26,27)21-8-7-16(12-28-21)17-10-18(31-30-13-17)14-29-23(33)19-5-3-9-32(19)37(34,35)22-11-15-4-1-2-6-20(15)36-22/h1-2,4,6-8,10-13,19H,3,5,9,14H2,(H,29,33)/t19-/m0/s1. The molecule has 1 saturated heterocycles. The molecule has 13 heteroatoms. The van der Waals surface area contributed by atoms with E-state index in [1.165, 1.54) is 18.3 Å². The van der Waals surface area contributed by atoms with Crippen molar-refractivity contribution < 1.29 is 30.8 Å². The number of hydrogen-bond donors (Lipinski definition) is 1. The van der Waals surface area contributed by atoms with Gasteiger partial charge in [-0.1, -0.05) is 24.3 Å². The third-order valence-corrected chi connectivity index (χ3v) is 7.77. The van der Waals surface area contributed by atoms with Gasteiger partial charge in [-0.3, -0.25) is 9.78 Å². The molecule has 1 fully saturated rings. The average Bonchev–Trinajstić information content (AvgIpc) is 3.55. The molecular formula is C24H20F3N5O4S. The molecule has 1 atom stereocenters. The number of sulfonamides is 1. The molecule has 0 aliphatic carbocycles. The molecule has 37 heavy (non-hydrogen) atoms. The van der Waals surface area contributed by atoms with Gasteiger partial charge in [-0.25, -0.2) is 8.42 Å². The summed E-state index contributed by atoms with van der Waals surface area (Å²) in [6.07, 6.45) is -1.24. The molecule has 0 saturated carbocycles. The zero-order chi connectivity index (χ0) is 26.2. The van der Waals surface area contributed by atoms with Crippen molar-refractivity contribution in [3.05, 3.63) is 72.3 Å². The van der Waals surface area contributed by atoms with Crippen molar-refractivity contribution in [2.45, 2.75) is 36.7 Å². The van der Waals surface area contributed by atoms with Crippen molar-refractivity contribution in [2.75, 3.05) is 6.54 Å². The van der Waals surface area contributed by atoms with Gasteiger partial charge >= 0.3 is 6.18 Å². The number of carbonyl (C=O) groups excluding carboxylic acids is 1. The van der Waals surface area contributed by atoms with Crippen LogP contribution in [0.15, 0.2) is 70.4 Å². The largest absolute Gasteiger partial charge is 0.443 e. The van der Waals surface area contributed by atoms with Crippen molar-refractivity contribution in [3.8, 4) is 11.1 Å².